The van der Waals surface area contributed by atoms with Gasteiger partial charge in [0.05, 0.1) is 16.7 Å². The Morgan fingerprint density at radius 3 is 2.58 bits per heavy atom. The molecule has 1 aromatic carbocycles. The molecule has 4 rings (SSSR count). The monoisotopic (exact) mass is 356 g/mol. The molecule has 1 saturated carbocycles. The van der Waals surface area contributed by atoms with E-state index >= 15 is 0 Å². The Labute approximate surface area is 153 Å². The highest BCUT2D eigenvalue weighted by molar-refractivity contribution is 7.78. The van der Waals surface area contributed by atoms with Crippen LogP contribution in [-0.2, 0) is 5.54 Å². The Morgan fingerprint density at radius 1 is 1.12 bits per heavy atom. The summed E-state index contributed by atoms with van der Waals surface area (Å²) in [4.78, 5) is 8.74. The van der Waals surface area contributed by atoms with E-state index in [1.165, 1.54) is 55.3 Å². The molecule has 0 unspecified atom stereocenters. The van der Waals surface area contributed by atoms with Crippen molar-refractivity contribution in [1.82, 2.24) is 4.90 Å². The Hall–Kier alpha value is -1.06. The number of nitrogens with zero attached hydrogens (tertiary/aromatic N) is 2. The normalized spacial score (nSPS) is 28.6. The van der Waals surface area contributed by atoms with Gasteiger partial charge in [-0.3, -0.25) is 4.90 Å². The number of aliphatic imine (C=N–C) groups is 1. The van der Waals surface area contributed by atoms with E-state index in [1.54, 1.807) is 4.88 Å². The average Bonchev–Trinajstić information content (AvgIpc) is 3.08. The van der Waals surface area contributed by atoms with Gasteiger partial charge in [0.2, 0.25) is 0 Å². The molecule has 126 valence electrons. The van der Waals surface area contributed by atoms with Gasteiger partial charge >= 0.3 is 0 Å². The molecule has 2 heterocycles. The van der Waals surface area contributed by atoms with Crippen LogP contribution in [0, 0.1) is 0 Å². The maximum Gasteiger partial charge on any atom is 0.0604 e. The smallest absolute Gasteiger partial charge is 0.0604 e. The Balaban J connectivity index is 1.71. The first-order valence-corrected chi connectivity index (χ1v) is 10.4. The third-order valence-electron chi connectivity index (χ3n) is 5.86. The number of hydrogen-bond donors (Lipinski definition) is 0. The Kier molecular flexibility index (Phi) is 4.82. The van der Waals surface area contributed by atoms with E-state index in [1.807, 2.05) is 11.3 Å². The van der Waals surface area contributed by atoms with Crippen LogP contribution in [0.25, 0.3) is 10.1 Å². The SMILES string of the molecule is S=C=NC1CCC(c2cc3ccccc3s2)(N2CCCCC2)CC1. The summed E-state index contributed by atoms with van der Waals surface area (Å²) in [5.74, 6) is 0. The zero-order chi connectivity index (χ0) is 16.4. The minimum Gasteiger partial charge on any atom is -0.293 e. The average molecular weight is 357 g/mol. The van der Waals surface area contributed by atoms with E-state index in [0.29, 0.717) is 6.04 Å². The zero-order valence-corrected chi connectivity index (χ0v) is 15.7. The van der Waals surface area contributed by atoms with Crippen molar-refractivity contribution < 1.29 is 0 Å². The number of hydrogen-bond acceptors (Lipinski definition) is 4. The molecule has 2 aromatic rings. The van der Waals surface area contributed by atoms with Gasteiger partial charge in [0.25, 0.3) is 0 Å². The van der Waals surface area contributed by atoms with Gasteiger partial charge in [-0.05, 0) is 81.4 Å². The van der Waals surface area contributed by atoms with Gasteiger partial charge in [0.1, 0.15) is 0 Å². The molecular formula is C20H24N2S2. The fourth-order valence-corrected chi connectivity index (χ4v) is 6.02. The lowest BCUT2D eigenvalue weighted by Gasteiger charge is -2.48. The van der Waals surface area contributed by atoms with Gasteiger partial charge in [-0.2, -0.15) is 0 Å². The maximum atomic E-state index is 4.83. The molecule has 0 radical (unpaired) electrons. The Bertz CT molecular complexity index is 713. The van der Waals surface area contributed by atoms with Crippen LogP contribution >= 0.6 is 23.6 Å². The highest BCUT2D eigenvalue weighted by Gasteiger charge is 2.43. The number of thiophene rings is 1. The molecule has 1 saturated heterocycles. The fourth-order valence-electron chi connectivity index (χ4n) is 4.54. The first-order chi connectivity index (χ1) is 11.8. The van der Waals surface area contributed by atoms with Gasteiger partial charge < -0.3 is 0 Å². The van der Waals surface area contributed by atoms with Crippen molar-refractivity contribution in [3.05, 3.63) is 35.2 Å². The summed E-state index contributed by atoms with van der Waals surface area (Å²) in [5.41, 5.74) is 0.220. The number of piperidine rings is 1. The number of likely N-dealkylation sites (tertiary alicyclic amines) is 1. The second-order valence-corrected chi connectivity index (χ2v) is 8.45. The summed E-state index contributed by atoms with van der Waals surface area (Å²) in [6, 6.07) is 11.7. The van der Waals surface area contributed by atoms with E-state index in [-0.39, 0.29) is 5.54 Å². The first kappa shape index (κ1) is 16.4. The number of thiocarbonyl (C=S) groups is 1. The molecule has 2 aliphatic rings. The highest BCUT2D eigenvalue weighted by Crippen LogP contribution is 2.47. The van der Waals surface area contributed by atoms with Crippen molar-refractivity contribution in [1.29, 1.82) is 0 Å². The van der Waals surface area contributed by atoms with Crippen molar-refractivity contribution in [2.75, 3.05) is 13.1 Å². The van der Waals surface area contributed by atoms with E-state index in [2.05, 4.69) is 45.4 Å². The van der Waals surface area contributed by atoms with Crippen molar-refractivity contribution >= 4 is 38.8 Å². The summed E-state index contributed by atoms with van der Waals surface area (Å²) < 4.78 is 1.42. The molecule has 0 bridgehead atoms. The van der Waals surface area contributed by atoms with Crippen LogP contribution in [0.5, 0.6) is 0 Å². The van der Waals surface area contributed by atoms with Crippen molar-refractivity contribution in [3.8, 4) is 0 Å². The molecule has 2 fully saturated rings. The van der Waals surface area contributed by atoms with Crippen LogP contribution < -0.4 is 0 Å². The van der Waals surface area contributed by atoms with Crippen LogP contribution in [0.2, 0.25) is 0 Å². The second kappa shape index (κ2) is 7.05. The molecular weight excluding hydrogens is 332 g/mol. The second-order valence-electron chi connectivity index (χ2n) is 7.18. The molecule has 1 aliphatic heterocycles. The summed E-state index contributed by atoms with van der Waals surface area (Å²) in [7, 11) is 0. The molecule has 24 heavy (non-hydrogen) atoms. The third kappa shape index (κ3) is 2.97. The highest BCUT2D eigenvalue weighted by atomic mass is 32.1. The summed E-state index contributed by atoms with van der Waals surface area (Å²) >= 11 is 6.83. The predicted octanol–water partition coefficient (Wildman–Crippen LogP) is 5.63. The Morgan fingerprint density at radius 2 is 1.88 bits per heavy atom. The van der Waals surface area contributed by atoms with Crippen LogP contribution in [-0.4, -0.2) is 29.2 Å². The molecule has 0 N–H and O–H groups in total. The van der Waals surface area contributed by atoms with Crippen molar-refractivity contribution in [3.63, 3.8) is 0 Å². The lowest BCUT2D eigenvalue weighted by Crippen LogP contribution is -2.50. The molecule has 1 aliphatic carbocycles. The minimum atomic E-state index is 0.220. The van der Waals surface area contributed by atoms with Crippen LogP contribution in [0.3, 0.4) is 0 Å². The summed E-state index contributed by atoms with van der Waals surface area (Å²) in [6.45, 7) is 2.49. The van der Waals surface area contributed by atoms with Gasteiger partial charge in [-0.25, -0.2) is 4.99 Å². The van der Waals surface area contributed by atoms with Gasteiger partial charge in [-0.1, -0.05) is 24.6 Å². The summed E-state index contributed by atoms with van der Waals surface area (Å²) in [5, 5.41) is 4.00. The number of rotatable bonds is 3. The number of fused-ring (bicyclic) bond motifs is 1. The quantitative estimate of drug-likeness (QED) is 0.523. The third-order valence-corrected chi connectivity index (χ3v) is 7.28. The number of benzene rings is 1. The molecule has 1 aromatic heterocycles. The fraction of sp³-hybridized carbons (Fsp3) is 0.550. The minimum absolute atomic E-state index is 0.220. The van der Waals surface area contributed by atoms with Crippen LogP contribution in [0.15, 0.2) is 35.3 Å². The largest absolute Gasteiger partial charge is 0.293 e. The van der Waals surface area contributed by atoms with E-state index < -0.39 is 0 Å². The topological polar surface area (TPSA) is 15.6 Å². The van der Waals surface area contributed by atoms with Crippen LogP contribution in [0.1, 0.15) is 49.8 Å². The van der Waals surface area contributed by atoms with Crippen molar-refractivity contribution in [2.45, 2.75) is 56.5 Å². The lowest BCUT2D eigenvalue weighted by molar-refractivity contribution is 0.0294. The van der Waals surface area contributed by atoms with Crippen LogP contribution in [0.4, 0.5) is 0 Å². The molecule has 0 atom stereocenters. The van der Waals surface area contributed by atoms with Gasteiger partial charge in [0.15, 0.2) is 0 Å². The first-order valence-electron chi connectivity index (χ1n) is 9.13. The van der Waals surface area contributed by atoms with Gasteiger partial charge in [-0.15, -0.1) is 11.3 Å². The lowest BCUT2D eigenvalue weighted by atomic mass is 9.76. The predicted molar refractivity (Wildman–Crippen MR) is 106 cm³/mol. The van der Waals surface area contributed by atoms with Crippen molar-refractivity contribution in [2.24, 2.45) is 4.99 Å². The summed E-state index contributed by atoms with van der Waals surface area (Å²) in [6.07, 6.45) is 8.73. The molecule has 4 heteroatoms. The zero-order valence-electron chi connectivity index (χ0n) is 14.0. The van der Waals surface area contributed by atoms with E-state index in [4.69, 9.17) is 12.2 Å². The standard InChI is InChI=1S/C20H24N2S2/c23-15-21-17-8-10-20(11-9-17,22-12-4-1-5-13-22)19-14-16-6-2-3-7-18(16)24-19/h2-3,6-7,14,17H,1,4-5,8-13H2. The number of isothiocyanates is 1. The molecule has 0 spiro atoms. The van der Waals surface area contributed by atoms with E-state index in [9.17, 15) is 0 Å². The van der Waals surface area contributed by atoms with E-state index in [0.717, 1.165) is 12.8 Å². The molecule has 2 nitrogen and oxygen atoms in total. The maximum absolute atomic E-state index is 4.83. The molecule has 0 amide bonds. The van der Waals surface area contributed by atoms with Gasteiger partial charge in [0, 0.05) is 9.58 Å².